The summed E-state index contributed by atoms with van der Waals surface area (Å²) in [5.74, 6) is 0. The van der Waals surface area contributed by atoms with Gasteiger partial charge in [-0.1, -0.05) is 54.6 Å². The molecule has 7 rings (SSSR count). The van der Waals surface area contributed by atoms with E-state index in [1.165, 1.54) is 63.9 Å². The Bertz CT molecular complexity index is 1610. The SMILES string of the molecule is C1=Cc2cc3c(cc2CC1)[nH]c1c3c2ccccc2c2sc3ccccc3c12. The molecule has 0 spiro atoms. The van der Waals surface area contributed by atoms with Crippen LogP contribution in [0.15, 0.2) is 66.7 Å². The summed E-state index contributed by atoms with van der Waals surface area (Å²) in [6.45, 7) is 0. The van der Waals surface area contributed by atoms with Crippen LogP contribution in [0, 0.1) is 0 Å². The Hall–Kier alpha value is -3.10. The number of aromatic amines is 1. The zero-order chi connectivity index (χ0) is 18.2. The van der Waals surface area contributed by atoms with Crippen molar-refractivity contribution < 1.29 is 0 Å². The van der Waals surface area contributed by atoms with E-state index in [0.29, 0.717) is 0 Å². The first-order valence-electron chi connectivity index (χ1n) is 9.85. The maximum Gasteiger partial charge on any atom is 0.0565 e. The van der Waals surface area contributed by atoms with Crippen LogP contribution in [0.25, 0.3) is 58.8 Å². The molecule has 0 atom stereocenters. The molecule has 2 heterocycles. The molecule has 0 amide bonds. The van der Waals surface area contributed by atoms with Gasteiger partial charge in [0, 0.05) is 41.8 Å². The van der Waals surface area contributed by atoms with Crippen molar-refractivity contribution in [2.75, 3.05) is 0 Å². The Balaban J connectivity index is 1.82. The second-order valence-electron chi connectivity index (χ2n) is 7.76. The van der Waals surface area contributed by atoms with Gasteiger partial charge in [0.1, 0.15) is 0 Å². The lowest BCUT2D eigenvalue weighted by Gasteiger charge is -2.10. The molecule has 0 bridgehead atoms. The van der Waals surface area contributed by atoms with E-state index in [0.717, 1.165) is 12.8 Å². The number of rotatable bonds is 0. The van der Waals surface area contributed by atoms with Gasteiger partial charge in [0.2, 0.25) is 0 Å². The van der Waals surface area contributed by atoms with Crippen molar-refractivity contribution >= 4 is 70.2 Å². The quantitative estimate of drug-likeness (QED) is 0.279. The van der Waals surface area contributed by atoms with E-state index in [-0.39, 0.29) is 0 Å². The van der Waals surface area contributed by atoms with Crippen molar-refractivity contribution in [1.29, 1.82) is 0 Å². The van der Waals surface area contributed by atoms with Crippen LogP contribution in [-0.2, 0) is 6.42 Å². The highest BCUT2D eigenvalue weighted by molar-refractivity contribution is 7.27. The Morgan fingerprint density at radius 1 is 0.786 bits per heavy atom. The Morgan fingerprint density at radius 3 is 2.54 bits per heavy atom. The van der Waals surface area contributed by atoms with E-state index < -0.39 is 0 Å². The van der Waals surface area contributed by atoms with Crippen LogP contribution in [0.4, 0.5) is 0 Å². The number of allylic oxidation sites excluding steroid dienone is 1. The number of benzene rings is 4. The molecule has 0 radical (unpaired) electrons. The number of H-pyrrole nitrogens is 1. The average molecular weight is 375 g/mol. The number of nitrogens with one attached hydrogen (secondary N) is 1. The molecule has 0 saturated carbocycles. The van der Waals surface area contributed by atoms with Crippen molar-refractivity contribution in [3.8, 4) is 0 Å². The molecule has 2 aromatic heterocycles. The molecule has 0 saturated heterocycles. The van der Waals surface area contributed by atoms with Crippen molar-refractivity contribution in [3.05, 3.63) is 77.9 Å². The van der Waals surface area contributed by atoms with E-state index in [2.05, 4.69) is 77.8 Å². The fourth-order valence-electron chi connectivity index (χ4n) is 4.97. The van der Waals surface area contributed by atoms with Crippen LogP contribution in [-0.4, -0.2) is 4.98 Å². The third-order valence-electron chi connectivity index (χ3n) is 6.22. The van der Waals surface area contributed by atoms with Crippen LogP contribution in [0.5, 0.6) is 0 Å². The van der Waals surface area contributed by atoms with Crippen LogP contribution < -0.4 is 0 Å². The molecule has 1 nitrogen and oxygen atoms in total. The zero-order valence-corrected chi connectivity index (χ0v) is 16.1. The summed E-state index contributed by atoms with van der Waals surface area (Å²) in [6.07, 6.45) is 6.86. The van der Waals surface area contributed by atoms with E-state index >= 15 is 0 Å². The largest absolute Gasteiger partial charge is 0.354 e. The average Bonchev–Trinajstić information content (AvgIpc) is 3.30. The first kappa shape index (κ1) is 14.9. The van der Waals surface area contributed by atoms with E-state index in [4.69, 9.17) is 0 Å². The molecule has 0 unspecified atom stereocenters. The topological polar surface area (TPSA) is 15.8 Å². The van der Waals surface area contributed by atoms with Crippen molar-refractivity contribution in [3.63, 3.8) is 0 Å². The number of aromatic nitrogens is 1. The molecule has 0 aliphatic heterocycles. The van der Waals surface area contributed by atoms with Gasteiger partial charge in [-0.3, -0.25) is 0 Å². The summed E-state index contributed by atoms with van der Waals surface area (Å²) >= 11 is 1.91. The van der Waals surface area contributed by atoms with E-state index in [1.807, 2.05) is 11.3 Å². The molecule has 2 heteroatoms. The van der Waals surface area contributed by atoms with Crippen molar-refractivity contribution in [2.45, 2.75) is 12.8 Å². The van der Waals surface area contributed by atoms with Crippen molar-refractivity contribution in [1.82, 2.24) is 4.98 Å². The van der Waals surface area contributed by atoms with Gasteiger partial charge in [0.15, 0.2) is 0 Å². The summed E-state index contributed by atoms with van der Waals surface area (Å²) in [5.41, 5.74) is 5.38. The fraction of sp³-hybridized carbons (Fsp3) is 0.0769. The Labute approximate surface area is 165 Å². The van der Waals surface area contributed by atoms with Crippen LogP contribution >= 0.6 is 11.3 Å². The minimum Gasteiger partial charge on any atom is -0.354 e. The lowest BCUT2D eigenvalue weighted by Crippen LogP contribution is -1.93. The summed E-state index contributed by atoms with van der Waals surface area (Å²) in [7, 11) is 0. The third-order valence-corrected chi connectivity index (χ3v) is 7.43. The lowest BCUT2D eigenvalue weighted by molar-refractivity contribution is 0.988. The molecule has 4 aromatic carbocycles. The van der Waals surface area contributed by atoms with Crippen molar-refractivity contribution in [2.24, 2.45) is 0 Å². The highest BCUT2D eigenvalue weighted by Crippen LogP contribution is 2.46. The number of fused-ring (bicyclic) bond motifs is 11. The standard InChI is InChI=1S/C26H17NS/c1-2-8-16-14-21-20(13-15(16)7-1)23-17-9-3-4-10-18(17)26-24(25(23)27-21)19-11-5-6-12-22(19)28-26/h1,3-7,9-14,27H,2,8H2. The highest BCUT2D eigenvalue weighted by atomic mass is 32.1. The third kappa shape index (κ3) is 1.81. The van der Waals surface area contributed by atoms with E-state index in [1.54, 1.807) is 0 Å². The smallest absolute Gasteiger partial charge is 0.0565 e. The van der Waals surface area contributed by atoms with Crippen LogP contribution in [0.1, 0.15) is 17.5 Å². The molecular weight excluding hydrogens is 358 g/mol. The van der Waals surface area contributed by atoms with Gasteiger partial charge >= 0.3 is 0 Å². The lowest BCUT2D eigenvalue weighted by atomic mass is 9.94. The summed E-state index contributed by atoms with van der Waals surface area (Å²) in [5, 5.41) is 8.15. The predicted octanol–water partition coefficient (Wildman–Crippen LogP) is 7.80. The minimum atomic E-state index is 1.13. The molecular formula is C26H17NS. The van der Waals surface area contributed by atoms with Gasteiger partial charge in [-0.15, -0.1) is 11.3 Å². The molecule has 1 aliphatic carbocycles. The summed E-state index contributed by atoms with van der Waals surface area (Å²) in [6, 6.07) is 22.5. The van der Waals surface area contributed by atoms with Gasteiger partial charge in [-0.25, -0.2) is 0 Å². The number of hydrogen-bond acceptors (Lipinski definition) is 1. The highest BCUT2D eigenvalue weighted by Gasteiger charge is 2.18. The van der Waals surface area contributed by atoms with Gasteiger partial charge in [0.05, 0.1) is 5.52 Å². The van der Waals surface area contributed by atoms with Crippen LogP contribution in [0.3, 0.4) is 0 Å². The van der Waals surface area contributed by atoms with Gasteiger partial charge < -0.3 is 4.98 Å². The monoisotopic (exact) mass is 375 g/mol. The molecule has 132 valence electrons. The molecule has 6 aromatic rings. The minimum absolute atomic E-state index is 1.13. The zero-order valence-electron chi connectivity index (χ0n) is 15.3. The number of thiophene rings is 1. The van der Waals surface area contributed by atoms with Crippen LogP contribution in [0.2, 0.25) is 0 Å². The summed E-state index contributed by atoms with van der Waals surface area (Å²) in [4.78, 5) is 3.82. The van der Waals surface area contributed by atoms with Gasteiger partial charge in [0.25, 0.3) is 0 Å². The van der Waals surface area contributed by atoms with Gasteiger partial charge in [-0.2, -0.15) is 0 Å². The Kier molecular flexibility index (Phi) is 2.79. The fourth-order valence-corrected chi connectivity index (χ4v) is 6.22. The second-order valence-corrected chi connectivity index (χ2v) is 8.81. The first-order chi connectivity index (χ1) is 13.9. The maximum atomic E-state index is 3.82. The number of hydrogen-bond donors (Lipinski definition) is 1. The maximum absolute atomic E-state index is 3.82. The second kappa shape index (κ2) is 5.24. The molecule has 28 heavy (non-hydrogen) atoms. The van der Waals surface area contributed by atoms with Gasteiger partial charge in [-0.05, 0) is 47.6 Å². The summed E-state index contributed by atoms with van der Waals surface area (Å²) < 4.78 is 2.75. The predicted molar refractivity (Wildman–Crippen MR) is 124 cm³/mol. The normalized spacial score (nSPS) is 14.0. The molecule has 1 aliphatic rings. The molecule has 1 N–H and O–H groups in total. The number of aryl methyl sites for hydroxylation is 1. The van der Waals surface area contributed by atoms with E-state index in [9.17, 15) is 0 Å². The Morgan fingerprint density at radius 2 is 1.61 bits per heavy atom. The first-order valence-corrected chi connectivity index (χ1v) is 10.7. The molecule has 0 fully saturated rings.